The van der Waals surface area contributed by atoms with Gasteiger partial charge in [-0.25, -0.2) is 0 Å². The standard InChI is InChI=1S/C28H40O12/c1-14(29)37-13-27-22(40-17(4)32)10-18(38-15(2)30)11-26(27,35)8-6-19-23(27)21(39-16(3)31)12-25(5)20(24(33)34)7-9-28(19,25)36/h18-23,35-36H,6-13H2,1-5H3,(H,33,34)/t18-,19+,20+,21-,22+,23-,25+,26+,27+,28-/m1/s1. The molecule has 0 aromatic heterocycles. The van der Waals surface area contributed by atoms with Crippen LogP contribution in [0.2, 0.25) is 0 Å². The Bertz CT molecular complexity index is 1090. The molecule has 40 heavy (non-hydrogen) atoms. The van der Waals surface area contributed by atoms with Gasteiger partial charge in [-0.2, -0.15) is 0 Å². The quantitative estimate of drug-likeness (QED) is 0.311. The average molecular weight is 569 g/mol. The van der Waals surface area contributed by atoms with E-state index < -0.39 is 94.6 Å². The zero-order valence-electron chi connectivity index (χ0n) is 23.6. The topological polar surface area (TPSA) is 183 Å². The number of carboxylic acid groups (broad SMARTS) is 1. The van der Waals surface area contributed by atoms with Gasteiger partial charge in [-0.1, -0.05) is 6.92 Å². The fraction of sp³-hybridized carbons (Fsp3) is 0.821. The van der Waals surface area contributed by atoms with Crippen LogP contribution in [-0.4, -0.2) is 81.3 Å². The number of rotatable bonds is 6. The summed E-state index contributed by atoms with van der Waals surface area (Å²) >= 11 is 0. The third-order valence-corrected chi connectivity index (χ3v) is 10.4. The number of aliphatic carboxylic acids is 1. The van der Waals surface area contributed by atoms with Crippen molar-refractivity contribution in [3.05, 3.63) is 0 Å². The second kappa shape index (κ2) is 10.3. The van der Waals surface area contributed by atoms with Crippen molar-refractivity contribution in [3.63, 3.8) is 0 Å². The van der Waals surface area contributed by atoms with Crippen LogP contribution in [0.1, 0.15) is 79.6 Å². The van der Waals surface area contributed by atoms with Gasteiger partial charge in [-0.3, -0.25) is 24.0 Å². The summed E-state index contributed by atoms with van der Waals surface area (Å²) in [5.41, 5.74) is -5.97. The molecule has 3 N–H and O–H groups in total. The van der Waals surface area contributed by atoms with Crippen LogP contribution in [-0.2, 0) is 42.9 Å². The highest BCUT2D eigenvalue weighted by Gasteiger charge is 2.77. The highest BCUT2D eigenvalue weighted by molar-refractivity contribution is 5.72. The molecule has 0 aromatic carbocycles. The van der Waals surface area contributed by atoms with Crippen molar-refractivity contribution in [2.24, 2.45) is 28.6 Å². The molecule has 0 bridgehead atoms. The second-order valence-corrected chi connectivity index (χ2v) is 12.4. The van der Waals surface area contributed by atoms with Crippen LogP contribution in [0, 0.1) is 28.6 Å². The maximum atomic E-state index is 12.5. The van der Waals surface area contributed by atoms with Gasteiger partial charge in [0, 0.05) is 51.9 Å². The minimum absolute atomic E-state index is 0.0216. The minimum Gasteiger partial charge on any atom is -0.481 e. The Morgan fingerprint density at radius 1 is 0.825 bits per heavy atom. The molecule has 12 heteroatoms. The van der Waals surface area contributed by atoms with Crippen molar-refractivity contribution in [1.29, 1.82) is 0 Å². The van der Waals surface area contributed by atoms with Crippen LogP contribution in [0.3, 0.4) is 0 Å². The molecule has 4 aliphatic carbocycles. The van der Waals surface area contributed by atoms with Gasteiger partial charge in [0.1, 0.15) is 24.9 Å². The van der Waals surface area contributed by atoms with Crippen molar-refractivity contribution in [2.45, 2.75) is 109 Å². The Balaban J connectivity index is 1.94. The van der Waals surface area contributed by atoms with Crippen LogP contribution in [0.5, 0.6) is 0 Å². The summed E-state index contributed by atoms with van der Waals surface area (Å²) in [7, 11) is 0. The molecule has 4 saturated carbocycles. The molecule has 0 radical (unpaired) electrons. The number of aliphatic hydroxyl groups is 2. The smallest absolute Gasteiger partial charge is 0.307 e. The molecule has 0 unspecified atom stereocenters. The molecule has 224 valence electrons. The fourth-order valence-corrected chi connectivity index (χ4v) is 9.01. The summed E-state index contributed by atoms with van der Waals surface area (Å²) in [6.45, 7) is 6.12. The maximum absolute atomic E-state index is 12.5. The van der Waals surface area contributed by atoms with Crippen LogP contribution in [0.4, 0.5) is 0 Å². The van der Waals surface area contributed by atoms with E-state index in [0.717, 1.165) is 0 Å². The third kappa shape index (κ3) is 4.56. The Morgan fingerprint density at radius 3 is 2.00 bits per heavy atom. The molecule has 4 rings (SSSR count). The molecule has 0 heterocycles. The lowest BCUT2D eigenvalue weighted by Gasteiger charge is -2.68. The first-order valence-electron chi connectivity index (χ1n) is 13.8. The number of hydrogen-bond donors (Lipinski definition) is 3. The molecule has 0 aliphatic heterocycles. The number of carboxylic acids is 1. The first kappa shape index (κ1) is 30.2. The van der Waals surface area contributed by atoms with Gasteiger partial charge in [0.05, 0.1) is 22.5 Å². The Kier molecular flexibility index (Phi) is 7.77. The predicted octanol–water partition coefficient (Wildman–Crippen LogP) is 1.52. The molecule has 4 aliphatic rings. The highest BCUT2D eigenvalue weighted by Crippen LogP contribution is 2.70. The number of ether oxygens (including phenoxy) is 4. The number of hydrogen-bond acceptors (Lipinski definition) is 11. The van der Waals surface area contributed by atoms with E-state index in [1.807, 2.05) is 0 Å². The van der Waals surface area contributed by atoms with Gasteiger partial charge in [0.15, 0.2) is 0 Å². The first-order chi connectivity index (χ1) is 18.5. The monoisotopic (exact) mass is 568 g/mol. The van der Waals surface area contributed by atoms with E-state index in [1.54, 1.807) is 6.92 Å². The van der Waals surface area contributed by atoms with E-state index in [0.29, 0.717) is 0 Å². The van der Waals surface area contributed by atoms with Crippen LogP contribution >= 0.6 is 0 Å². The molecule has 0 saturated heterocycles. The zero-order chi connectivity index (χ0) is 29.8. The second-order valence-electron chi connectivity index (χ2n) is 12.4. The Labute approximate surface area is 232 Å². The number of esters is 4. The summed E-state index contributed by atoms with van der Waals surface area (Å²) < 4.78 is 22.7. The number of carbonyl (C=O) groups excluding carboxylic acids is 4. The largest absolute Gasteiger partial charge is 0.481 e. The lowest BCUT2D eigenvalue weighted by atomic mass is 9.40. The van der Waals surface area contributed by atoms with E-state index in [-0.39, 0.29) is 44.9 Å². The summed E-state index contributed by atoms with van der Waals surface area (Å²) in [5.74, 6) is -6.10. The highest BCUT2D eigenvalue weighted by atomic mass is 16.6. The molecular weight excluding hydrogens is 528 g/mol. The molecule has 0 aromatic rings. The summed E-state index contributed by atoms with van der Waals surface area (Å²) in [5, 5.41) is 34.9. The van der Waals surface area contributed by atoms with Gasteiger partial charge in [-0.15, -0.1) is 0 Å². The van der Waals surface area contributed by atoms with E-state index in [1.165, 1.54) is 27.7 Å². The van der Waals surface area contributed by atoms with E-state index in [9.17, 15) is 39.3 Å². The zero-order valence-corrected chi connectivity index (χ0v) is 23.6. The summed E-state index contributed by atoms with van der Waals surface area (Å²) in [6, 6.07) is 0. The molecule has 0 amide bonds. The van der Waals surface area contributed by atoms with Crippen molar-refractivity contribution in [2.75, 3.05) is 6.61 Å². The fourth-order valence-electron chi connectivity index (χ4n) is 9.01. The molecule has 0 spiro atoms. The van der Waals surface area contributed by atoms with E-state index in [2.05, 4.69) is 0 Å². The molecule has 12 nitrogen and oxygen atoms in total. The van der Waals surface area contributed by atoms with E-state index >= 15 is 0 Å². The van der Waals surface area contributed by atoms with Gasteiger partial charge in [-0.05, 0) is 38.0 Å². The molecule has 10 atom stereocenters. The molecule has 4 fully saturated rings. The number of fused-ring (bicyclic) bond motifs is 5. The normalized spacial score (nSPS) is 43.8. The van der Waals surface area contributed by atoms with Crippen molar-refractivity contribution in [3.8, 4) is 0 Å². The lowest BCUT2D eigenvalue weighted by molar-refractivity contribution is -0.320. The van der Waals surface area contributed by atoms with Gasteiger partial charge >= 0.3 is 29.8 Å². The predicted molar refractivity (Wildman–Crippen MR) is 134 cm³/mol. The molecular formula is C28H40O12. The van der Waals surface area contributed by atoms with Gasteiger partial charge < -0.3 is 34.3 Å². The SMILES string of the molecule is CC(=O)OC[C@]12[C@H]3[C@H](OC(C)=O)C[C@@]4(C)[C@H](C(=O)O)CC[C@@]4(O)[C@H]3CC[C@]1(O)C[C@H](OC(C)=O)C[C@@H]2OC(C)=O. The third-order valence-electron chi connectivity index (χ3n) is 10.4. The lowest BCUT2D eigenvalue weighted by Crippen LogP contribution is -2.76. The van der Waals surface area contributed by atoms with Gasteiger partial charge in [0.25, 0.3) is 0 Å². The van der Waals surface area contributed by atoms with Crippen molar-refractivity contribution in [1.82, 2.24) is 0 Å². The van der Waals surface area contributed by atoms with Crippen LogP contribution in [0.15, 0.2) is 0 Å². The number of carbonyl (C=O) groups is 5. The maximum Gasteiger partial charge on any atom is 0.307 e. The summed E-state index contributed by atoms with van der Waals surface area (Å²) in [4.78, 5) is 61.2. The Morgan fingerprint density at radius 2 is 1.45 bits per heavy atom. The van der Waals surface area contributed by atoms with Crippen molar-refractivity contribution >= 4 is 29.8 Å². The van der Waals surface area contributed by atoms with Gasteiger partial charge in [0.2, 0.25) is 0 Å². The Hall–Kier alpha value is -2.73. The van der Waals surface area contributed by atoms with Crippen molar-refractivity contribution < 1.29 is 58.2 Å². The summed E-state index contributed by atoms with van der Waals surface area (Å²) in [6.07, 6.45) is -2.43. The first-order valence-corrected chi connectivity index (χ1v) is 13.8. The van der Waals surface area contributed by atoms with Crippen LogP contribution in [0.25, 0.3) is 0 Å². The minimum atomic E-state index is -1.73. The van der Waals surface area contributed by atoms with E-state index in [4.69, 9.17) is 18.9 Å². The van der Waals surface area contributed by atoms with Crippen LogP contribution < -0.4 is 0 Å². The average Bonchev–Trinajstić information content (AvgIpc) is 3.07.